The van der Waals surface area contributed by atoms with Gasteiger partial charge in [0.15, 0.2) is 0 Å². The van der Waals surface area contributed by atoms with Gasteiger partial charge >= 0.3 is 0 Å². The molecule has 0 amide bonds. The summed E-state index contributed by atoms with van der Waals surface area (Å²) in [5.74, 6) is 0.632. The summed E-state index contributed by atoms with van der Waals surface area (Å²) < 4.78 is 0. The Hall–Kier alpha value is -0.860. The molecule has 0 unspecified atom stereocenters. The van der Waals surface area contributed by atoms with Gasteiger partial charge in [0.2, 0.25) is 0 Å². The number of Topliss-reactive ketones (excluding diaryl/α,β-unsaturated/α-hetero) is 1. The lowest BCUT2D eigenvalue weighted by Gasteiger charge is -2.30. The van der Waals surface area contributed by atoms with Crippen LogP contribution >= 0.6 is 11.6 Å². The van der Waals surface area contributed by atoms with Crippen molar-refractivity contribution in [2.45, 2.75) is 26.3 Å². The number of hydrogen-bond acceptors (Lipinski definition) is 2. The molecule has 0 bridgehead atoms. The third-order valence-electron chi connectivity index (χ3n) is 3.48. The normalized spacial score (nSPS) is 18.2. The molecule has 0 radical (unpaired) electrons. The molecule has 1 fully saturated rings. The Balaban J connectivity index is 1.85. The highest BCUT2D eigenvalue weighted by Gasteiger charge is 2.21. The van der Waals surface area contributed by atoms with Gasteiger partial charge < -0.3 is 0 Å². The Morgan fingerprint density at radius 2 is 1.88 bits per heavy atom. The average Bonchev–Trinajstić information content (AvgIpc) is 2.33. The van der Waals surface area contributed by atoms with Crippen molar-refractivity contribution in [2.75, 3.05) is 13.1 Å². The van der Waals surface area contributed by atoms with E-state index in [1.165, 1.54) is 5.56 Å². The maximum Gasteiger partial charge on any atom is 0.133 e. The lowest BCUT2D eigenvalue weighted by Crippen LogP contribution is -2.35. The van der Waals surface area contributed by atoms with Crippen LogP contribution in [0.4, 0.5) is 0 Å². The van der Waals surface area contributed by atoms with Crippen molar-refractivity contribution in [2.24, 2.45) is 5.92 Å². The Morgan fingerprint density at radius 3 is 2.41 bits per heavy atom. The van der Waals surface area contributed by atoms with Gasteiger partial charge in [-0.15, -0.1) is 0 Å². The smallest absolute Gasteiger partial charge is 0.133 e. The van der Waals surface area contributed by atoms with Gasteiger partial charge in [-0.25, -0.2) is 0 Å². The van der Waals surface area contributed by atoms with Crippen molar-refractivity contribution in [3.8, 4) is 0 Å². The van der Waals surface area contributed by atoms with E-state index in [0.29, 0.717) is 5.78 Å². The zero-order valence-corrected chi connectivity index (χ0v) is 10.9. The molecule has 1 aliphatic rings. The molecule has 3 heteroatoms. The molecule has 0 aromatic heterocycles. The van der Waals surface area contributed by atoms with Crippen LogP contribution in [0.2, 0.25) is 5.02 Å². The maximum absolute atomic E-state index is 11.3. The fourth-order valence-electron chi connectivity index (χ4n) is 2.35. The first-order valence-electron chi connectivity index (χ1n) is 6.12. The van der Waals surface area contributed by atoms with Crippen LogP contribution in [0, 0.1) is 5.92 Å². The molecule has 1 saturated heterocycles. The Bertz CT molecular complexity index is 380. The van der Waals surface area contributed by atoms with Crippen LogP contribution in [0.15, 0.2) is 24.3 Å². The zero-order chi connectivity index (χ0) is 12.3. The predicted octanol–water partition coefficient (Wildman–Crippen LogP) is 3.14. The first-order chi connectivity index (χ1) is 8.15. The molecule has 0 saturated carbocycles. The second-order valence-electron chi connectivity index (χ2n) is 4.79. The topological polar surface area (TPSA) is 20.3 Å². The van der Waals surface area contributed by atoms with E-state index in [1.807, 2.05) is 12.1 Å². The van der Waals surface area contributed by atoms with Gasteiger partial charge in [-0.1, -0.05) is 23.7 Å². The van der Waals surface area contributed by atoms with E-state index in [0.717, 1.165) is 37.5 Å². The fraction of sp³-hybridized carbons (Fsp3) is 0.500. The molecule has 0 spiro atoms. The molecule has 2 nitrogen and oxygen atoms in total. The van der Waals surface area contributed by atoms with E-state index in [1.54, 1.807) is 6.92 Å². The van der Waals surface area contributed by atoms with Gasteiger partial charge in [0.05, 0.1) is 0 Å². The lowest BCUT2D eigenvalue weighted by molar-refractivity contribution is -0.122. The summed E-state index contributed by atoms with van der Waals surface area (Å²) >= 11 is 5.86. The number of nitrogens with zero attached hydrogens (tertiary/aromatic N) is 1. The number of benzene rings is 1. The van der Waals surface area contributed by atoms with E-state index in [-0.39, 0.29) is 5.92 Å². The maximum atomic E-state index is 11.3. The second kappa shape index (κ2) is 5.65. The predicted molar refractivity (Wildman–Crippen MR) is 70.1 cm³/mol. The SMILES string of the molecule is CC(=O)C1CCN(Cc2ccc(Cl)cc2)CC1. The zero-order valence-electron chi connectivity index (χ0n) is 10.2. The van der Waals surface area contributed by atoms with E-state index in [2.05, 4.69) is 17.0 Å². The molecule has 17 heavy (non-hydrogen) atoms. The second-order valence-corrected chi connectivity index (χ2v) is 5.22. The molecular formula is C14H18ClNO. The third kappa shape index (κ3) is 3.55. The fourth-order valence-corrected chi connectivity index (χ4v) is 2.47. The third-order valence-corrected chi connectivity index (χ3v) is 3.73. The minimum atomic E-state index is 0.288. The monoisotopic (exact) mass is 251 g/mol. The highest BCUT2D eigenvalue weighted by Crippen LogP contribution is 2.20. The quantitative estimate of drug-likeness (QED) is 0.823. The molecule has 1 aliphatic heterocycles. The van der Waals surface area contributed by atoms with Crippen LogP contribution in [-0.4, -0.2) is 23.8 Å². The number of likely N-dealkylation sites (tertiary alicyclic amines) is 1. The van der Waals surface area contributed by atoms with Gasteiger partial charge in [0, 0.05) is 17.5 Å². The molecular weight excluding hydrogens is 234 g/mol. The highest BCUT2D eigenvalue weighted by atomic mass is 35.5. The molecule has 1 heterocycles. The average molecular weight is 252 g/mol. The van der Waals surface area contributed by atoms with Crippen molar-refractivity contribution in [3.63, 3.8) is 0 Å². The summed E-state index contributed by atoms with van der Waals surface area (Å²) in [6.07, 6.45) is 2.01. The lowest BCUT2D eigenvalue weighted by atomic mass is 9.93. The largest absolute Gasteiger partial charge is 0.300 e. The van der Waals surface area contributed by atoms with Gasteiger partial charge in [-0.3, -0.25) is 9.69 Å². The molecule has 0 N–H and O–H groups in total. The van der Waals surface area contributed by atoms with E-state index >= 15 is 0 Å². The van der Waals surface area contributed by atoms with Crippen molar-refractivity contribution >= 4 is 17.4 Å². The molecule has 1 aromatic rings. The number of hydrogen-bond donors (Lipinski definition) is 0. The minimum Gasteiger partial charge on any atom is -0.300 e. The molecule has 1 aromatic carbocycles. The summed E-state index contributed by atoms with van der Waals surface area (Å²) in [7, 11) is 0. The van der Waals surface area contributed by atoms with Crippen LogP contribution < -0.4 is 0 Å². The van der Waals surface area contributed by atoms with Crippen LogP contribution in [-0.2, 0) is 11.3 Å². The molecule has 0 atom stereocenters. The van der Waals surface area contributed by atoms with Gasteiger partial charge in [-0.2, -0.15) is 0 Å². The highest BCUT2D eigenvalue weighted by molar-refractivity contribution is 6.30. The Morgan fingerprint density at radius 1 is 1.29 bits per heavy atom. The van der Waals surface area contributed by atoms with E-state index in [4.69, 9.17) is 11.6 Å². The molecule has 0 aliphatic carbocycles. The number of halogens is 1. The van der Waals surface area contributed by atoms with Crippen LogP contribution in [0.3, 0.4) is 0 Å². The first kappa shape index (κ1) is 12.6. The Labute approximate surface area is 108 Å². The van der Waals surface area contributed by atoms with Crippen LogP contribution in [0.1, 0.15) is 25.3 Å². The summed E-state index contributed by atoms with van der Waals surface area (Å²) in [5.41, 5.74) is 1.29. The van der Waals surface area contributed by atoms with Gasteiger partial charge in [0.25, 0.3) is 0 Å². The molecule has 92 valence electrons. The summed E-state index contributed by atoms with van der Waals surface area (Å²) in [4.78, 5) is 13.7. The standard InChI is InChI=1S/C14H18ClNO/c1-11(17)13-6-8-16(9-7-13)10-12-2-4-14(15)5-3-12/h2-5,13H,6-10H2,1H3. The first-order valence-corrected chi connectivity index (χ1v) is 6.50. The van der Waals surface area contributed by atoms with E-state index in [9.17, 15) is 4.79 Å². The minimum absolute atomic E-state index is 0.288. The number of carbonyl (C=O) groups excluding carboxylic acids is 1. The van der Waals surface area contributed by atoms with Gasteiger partial charge in [0.1, 0.15) is 5.78 Å². The number of ketones is 1. The summed E-state index contributed by atoms with van der Waals surface area (Å²) in [5, 5.41) is 0.782. The summed E-state index contributed by atoms with van der Waals surface area (Å²) in [6, 6.07) is 8.00. The van der Waals surface area contributed by atoms with Crippen LogP contribution in [0.25, 0.3) is 0 Å². The van der Waals surface area contributed by atoms with Crippen LogP contribution in [0.5, 0.6) is 0 Å². The van der Waals surface area contributed by atoms with Crippen molar-refractivity contribution < 1.29 is 4.79 Å². The van der Waals surface area contributed by atoms with Crippen molar-refractivity contribution in [3.05, 3.63) is 34.9 Å². The summed E-state index contributed by atoms with van der Waals surface area (Å²) in [6.45, 7) is 4.71. The molecule has 2 rings (SSSR count). The number of rotatable bonds is 3. The number of piperidine rings is 1. The van der Waals surface area contributed by atoms with Gasteiger partial charge in [-0.05, 0) is 50.6 Å². The Kier molecular flexibility index (Phi) is 4.19. The van der Waals surface area contributed by atoms with Crippen molar-refractivity contribution in [1.82, 2.24) is 4.90 Å². The van der Waals surface area contributed by atoms with Crippen molar-refractivity contribution in [1.29, 1.82) is 0 Å². The van der Waals surface area contributed by atoms with E-state index < -0.39 is 0 Å². The number of carbonyl (C=O) groups is 1.